The van der Waals surface area contributed by atoms with E-state index in [9.17, 15) is 10.1 Å². The largest absolute Gasteiger partial charge is 0.333 e. The number of aryl methyl sites for hydroxylation is 1. The predicted octanol–water partition coefficient (Wildman–Crippen LogP) is 10.4. The number of nitriles is 1. The van der Waals surface area contributed by atoms with Gasteiger partial charge in [0.05, 0.1) is 16.1 Å². The van der Waals surface area contributed by atoms with Crippen LogP contribution in [0.15, 0.2) is 77.4 Å². The lowest BCUT2D eigenvalue weighted by Crippen LogP contribution is -2.31. The molecule has 222 valence electrons. The van der Waals surface area contributed by atoms with Crippen molar-refractivity contribution < 1.29 is 4.79 Å². The van der Waals surface area contributed by atoms with Crippen molar-refractivity contribution in [3.8, 4) is 6.07 Å². The first-order chi connectivity index (χ1) is 20.9. The average Bonchev–Trinajstić information content (AvgIpc) is 3.14. The van der Waals surface area contributed by atoms with Crippen molar-refractivity contribution in [3.05, 3.63) is 110 Å². The zero-order valence-corrected chi connectivity index (χ0v) is 26.7. The topological polar surface area (TPSA) is 57.8 Å². The van der Waals surface area contributed by atoms with Crippen molar-refractivity contribution in [3.63, 3.8) is 0 Å². The fourth-order valence-corrected chi connectivity index (χ4v) is 6.88. The van der Waals surface area contributed by atoms with Gasteiger partial charge in [-0.15, -0.1) is 0 Å². The minimum atomic E-state index is -0.203. The summed E-state index contributed by atoms with van der Waals surface area (Å²) in [6.45, 7) is 2.46. The summed E-state index contributed by atoms with van der Waals surface area (Å²) < 4.78 is 1.79. The van der Waals surface area contributed by atoms with Gasteiger partial charge in [0.1, 0.15) is 6.07 Å². The van der Waals surface area contributed by atoms with E-state index < -0.39 is 0 Å². The highest BCUT2D eigenvalue weighted by molar-refractivity contribution is 6.32. The lowest BCUT2D eigenvalue weighted by Gasteiger charge is -2.21. The molecular formula is C36H36Cl3N3O. The van der Waals surface area contributed by atoms with E-state index in [0.29, 0.717) is 23.0 Å². The highest BCUT2D eigenvalue weighted by atomic mass is 35.5. The van der Waals surface area contributed by atoms with E-state index in [-0.39, 0.29) is 11.9 Å². The molecule has 4 nitrogen and oxygen atoms in total. The lowest BCUT2D eigenvalue weighted by molar-refractivity contribution is 0.243. The molecule has 2 aromatic carbocycles. The molecule has 0 saturated heterocycles. The van der Waals surface area contributed by atoms with Crippen molar-refractivity contribution in [2.24, 2.45) is 11.8 Å². The van der Waals surface area contributed by atoms with Gasteiger partial charge in [-0.05, 0) is 97.9 Å². The number of carbonyl (C=O) groups is 1. The van der Waals surface area contributed by atoms with Crippen LogP contribution in [0.4, 0.5) is 4.79 Å². The van der Waals surface area contributed by atoms with Gasteiger partial charge in [0, 0.05) is 33.6 Å². The normalized spacial score (nSPS) is 18.8. The average molecular weight is 633 g/mol. The van der Waals surface area contributed by atoms with Crippen LogP contribution in [0.3, 0.4) is 0 Å². The van der Waals surface area contributed by atoms with Crippen LogP contribution in [0.5, 0.6) is 0 Å². The molecule has 1 N–H and O–H groups in total. The van der Waals surface area contributed by atoms with Gasteiger partial charge < -0.3 is 5.32 Å². The molecule has 7 heteroatoms. The molecule has 3 aromatic rings. The van der Waals surface area contributed by atoms with Crippen molar-refractivity contribution in [1.82, 2.24) is 9.88 Å². The van der Waals surface area contributed by atoms with Gasteiger partial charge in [-0.2, -0.15) is 5.26 Å². The predicted molar refractivity (Wildman–Crippen MR) is 180 cm³/mol. The molecule has 1 amide bonds. The van der Waals surface area contributed by atoms with Crippen molar-refractivity contribution >= 4 is 57.8 Å². The van der Waals surface area contributed by atoms with Crippen LogP contribution in [0.1, 0.15) is 67.8 Å². The van der Waals surface area contributed by atoms with Gasteiger partial charge in [0.2, 0.25) is 0 Å². The second kappa shape index (κ2) is 14.5. The number of rotatable bonds is 7. The number of halogens is 3. The van der Waals surface area contributed by atoms with E-state index in [4.69, 9.17) is 34.8 Å². The van der Waals surface area contributed by atoms with Gasteiger partial charge in [-0.3, -0.25) is 4.57 Å². The summed E-state index contributed by atoms with van der Waals surface area (Å²) in [4.78, 5) is 13.9. The first-order valence-electron chi connectivity index (χ1n) is 15.1. The molecule has 0 bridgehead atoms. The quantitative estimate of drug-likeness (QED) is 0.282. The maximum Gasteiger partial charge on any atom is 0.326 e. The smallest absolute Gasteiger partial charge is 0.326 e. The summed E-state index contributed by atoms with van der Waals surface area (Å²) in [5.41, 5.74) is 5.39. The molecule has 2 unspecified atom stereocenters. The Morgan fingerprint density at radius 2 is 1.95 bits per heavy atom. The molecule has 0 aliphatic heterocycles. The van der Waals surface area contributed by atoms with E-state index in [1.807, 2.05) is 48.6 Å². The van der Waals surface area contributed by atoms with Crippen molar-refractivity contribution in [2.75, 3.05) is 6.54 Å². The fraction of sp³-hybridized carbons (Fsp3) is 0.333. The highest BCUT2D eigenvalue weighted by Crippen LogP contribution is 2.36. The highest BCUT2D eigenvalue weighted by Gasteiger charge is 2.25. The molecular weight excluding hydrogens is 597 g/mol. The second-order valence-electron chi connectivity index (χ2n) is 11.4. The molecule has 0 spiro atoms. The van der Waals surface area contributed by atoms with Gasteiger partial charge >= 0.3 is 6.03 Å². The summed E-state index contributed by atoms with van der Waals surface area (Å²) in [7, 11) is 0. The van der Waals surface area contributed by atoms with E-state index in [1.54, 1.807) is 10.6 Å². The zero-order chi connectivity index (χ0) is 30.3. The SMILES string of the molecule is CCC1C=CC=C(CNC(=O)n2c3c(c4cc(Cl)c(C#N)cc42)CCCC(CC/C=C/c2ccc(Cl)cc2)CC3)C=C1Cl. The van der Waals surface area contributed by atoms with E-state index >= 15 is 0 Å². The number of nitrogens with zero attached hydrogens (tertiary/aromatic N) is 2. The maximum atomic E-state index is 13.9. The third-order valence-corrected chi connectivity index (χ3v) is 9.51. The molecule has 0 saturated carbocycles. The Morgan fingerprint density at radius 1 is 1.14 bits per heavy atom. The van der Waals surface area contributed by atoms with Gasteiger partial charge in [-0.1, -0.05) is 90.7 Å². The Kier molecular flexibility index (Phi) is 10.5. The Labute approximate surface area is 269 Å². The van der Waals surface area contributed by atoms with Gasteiger partial charge in [-0.25, -0.2) is 4.79 Å². The molecule has 5 rings (SSSR count). The first kappa shape index (κ1) is 31.2. The minimum absolute atomic E-state index is 0.189. The molecule has 2 atom stereocenters. The number of fused-ring (bicyclic) bond motifs is 3. The first-order valence-corrected chi connectivity index (χ1v) is 16.2. The van der Waals surface area contributed by atoms with Gasteiger partial charge in [0.15, 0.2) is 0 Å². The van der Waals surface area contributed by atoms with Crippen LogP contribution >= 0.6 is 34.8 Å². The maximum absolute atomic E-state index is 13.9. The standard InChI is InChI=1S/C36H36Cl3N3O/c1-2-27-11-5-10-26(19-32(27)38)23-41-36(43)42-34-18-15-24(7-3-4-8-25-13-16-29(37)17-14-25)9-6-12-30(34)31-21-33(39)28(22-40)20-35(31)42/h4-5,8,10-11,13-14,16-17,19-21,24,27H,2-3,6-7,9,12,15,18,23H2,1H3,(H,41,43)/b8-4+. The number of aromatic nitrogens is 1. The van der Waals surface area contributed by atoms with E-state index in [1.165, 1.54) is 5.56 Å². The second-order valence-corrected chi connectivity index (χ2v) is 12.7. The summed E-state index contributed by atoms with van der Waals surface area (Å²) in [6, 6.07) is 13.5. The summed E-state index contributed by atoms with van der Waals surface area (Å²) in [6.07, 6.45) is 20.3. The molecule has 0 radical (unpaired) electrons. The lowest BCUT2D eigenvalue weighted by atomic mass is 9.86. The van der Waals surface area contributed by atoms with Crippen LogP contribution < -0.4 is 5.32 Å². The Morgan fingerprint density at radius 3 is 2.72 bits per heavy atom. The molecule has 1 aromatic heterocycles. The van der Waals surface area contributed by atoms with Crippen LogP contribution in [0.25, 0.3) is 17.0 Å². The summed E-state index contributed by atoms with van der Waals surface area (Å²) in [5.74, 6) is 0.756. The molecule has 0 fully saturated rings. The molecule has 2 aliphatic carbocycles. The number of benzene rings is 2. The Balaban J connectivity index is 1.36. The molecule has 2 aliphatic rings. The number of carbonyl (C=O) groups excluding carboxylic acids is 1. The number of hydrogen-bond donors (Lipinski definition) is 1. The third-order valence-electron chi connectivity index (χ3n) is 8.56. The van der Waals surface area contributed by atoms with Crippen LogP contribution in [0.2, 0.25) is 10.0 Å². The molecule has 43 heavy (non-hydrogen) atoms. The monoisotopic (exact) mass is 631 g/mol. The van der Waals surface area contributed by atoms with Crippen LogP contribution in [-0.2, 0) is 12.8 Å². The zero-order valence-electron chi connectivity index (χ0n) is 24.4. The molecule has 1 heterocycles. The Hall–Kier alpha value is -3.23. The summed E-state index contributed by atoms with van der Waals surface area (Å²) in [5, 5.41) is 15.7. The number of nitrogens with one attached hydrogen (secondary N) is 1. The minimum Gasteiger partial charge on any atom is -0.333 e. The Bertz CT molecular complexity index is 1650. The van der Waals surface area contributed by atoms with Crippen molar-refractivity contribution in [1.29, 1.82) is 5.26 Å². The van der Waals surface area contributed by atoms with Crippen LogP contribution in [0, 0.1) is 23.2 Å². The van der Waals surface area contributed by atoms with Gasteiger partial charge in [0.25, 0.3) is 0 Å². The summed E-state index contributed by atoms with van der Waals surface area (Å²) >= 11 is 19.0. The van der Waals surface area contributed by atoms with E-state index in [0.717, 1.165) is 89.2 Å². The van der Waals surface area contributed by atoms with Crippen LogP contribution in [-0.4, -0.2) is 17.1 Å². The van der Waals surface area contributed by atoms with Crippen molar-refractivity contribution in [2.45, 2.75) is 58.3 Å². The number of allylic oxidation sites excluding steroid dienone is 5. The number of hydrogen-bond acceptors (Lipinski definition) is 2. The van der Waals surface area contributed by atoms with E-state index in [2.05, 4.69) is 36.5 Å². The fourth-order valence-electron chi connectivity index (χ4n) is 6.19. The third kappa shape index (κ3) is 7.47. The number of amides is 1.